The fourth-order valence-electron chi connectivity index (χ4n) is 2.52. The van der Waals surface area contributed by atoms with Crippen LogP contribution in [0.3, 0.4) is 0 Å². The number of nitrogens with zero attached hydrogens (tertiary/aromatic N) is 3. The Hall–Kier alpha value is -0.650. The van der Waals surface area contributed by atoms with Crippen LogP contribution in [0.5, 0.6) is 0 Å². The van der Waals surface area contributed by atoms with E-state index < -0.39 is 0 Å². The van der Waals surface area contributed by atoms with E-state index >= 15 is 0 Å². The fourth-order valence-corrected chi connectivity index (χ4v) is 3.39. The van der Waals surface area contributed by atoms with Gasteiger partial charge in [0.25, 0.3) is 0 Å². The molecule has 1 aromatic rings. The predicted octanol–water partition coefficient (Wildman–Crippen LogP) is 1.15. The summed E-state index contributed by atoms with van der Waals surface area (Å²) in [5.74, 6) is 0. The van der Waals surface area contributed by atoms with E-state index in [1.54, 1.807) is 0 Å². The van der Waals surface area contributed by atoms with Gasteiger partial charge in [-0.2, -0.15) is 0 Å². The summed E-state index contributed by atoms with van der Waals surface area (Å²) >= 11 is 1.81. The number of thiazole rings is 1. The van der Waals surface area contributed by atoms with E-state index in [9.17, 15) is 0 Å². The average Bonchev–Trinajstić information content (AvgIpc) is 3.00. The molecule has 5 heteroatoms. The minimum atomic E-state index is 1.02. The van der Waals surface area contributed by atoms with Crippen LogP contribution in [0.15, 0.2) is 5.38 Å². The van der Waals surface area contributed by atoms with E-state index in [0.29, 0.717) is 0 Å². The van der Waals surface area contributed by atoms with Crippen LogP contribution in [-0.2, 0) is 6.54 Å². The molecule has 0 aromatic carbocycles. The lowest BCUT2D eigenvalue weighted by Crippen LogP contribution is -2.42. The van der Waals surface area contributed by atoms with E-state index in [2.05, 4.69) is 20.5 Å². The number of rotatable bonds is 3. The molecule has 3 rings (SSSR count). The van der Waals surface area contributed by atoms with E-state index in [4.69, 9.17) is 4.98 Å². The van der Waals surface area contributed by atoms with Gasteiger partial charge in [0.2, 0.25) is 0 Å². The van der Waals surface area contributed by atoms with Crippen LogP contribution in [-0.4, -0.2) is 49.2 Å². The third kappa shape index (κ3) is 2.78. The Labute approximate surface area is 107 Å². The maximum absolute atomic E-state index is 4.77. The predicted molar refractivity (Wildman–Crippen MR) is 71.7 cm³/mol. The summed E-state index contributed by atoms with van der Waals surface area (Å²) in [6.07, 6.45) is 2.65. The Morgan fingerprint density at radius 1 is 1.18 bits per heavy atom. The molecule has 3 heterocycles. The molecule has 0 aliphatic carbocycles. The molecule has 1 aromatic heterocycles. The largest absolute Gasteiger partial charge is 0.348 e. The topological polar surface area (TPSA) is 31.4 Å². The molecule has 17 heavy (non-hydrogen) atoms. The van der Waals surface area contributed by atoms with Gasteiger partial charge in [0.15, 0.2) is 5.13 Å². The molecule has 2 aliphatic heterocycles. The SMILES string of the molecule is c1sc(N2CCCC2)nc1CN1CCNCC1. The minimum Gasteiger partial charge on any atom is -0.348 e. The third-order valence-electron chi connectivity index (χ3n) is 3.51. The molecule has 1 N–H and O–H groups in total. The molecule has 0 saturated carbocycles. The molecule has 2 fully saturated rings. The summed E-state index contributed by atoms with van der Waals surface area (Å²) in [6.45, 7) is 7.94. The second-order valence-electron chi connectivity index (χ2n) is 4.84. The van der Waals surface area contributed by atoms with Gasteiger partial charge in [0.1, 0.15) is 0 Å². The Kier molecular flexibility index (Phi) is 3.59. The molecule has 2 aliphatic rings. The van der Waals surface area contributed by atoms with Crippen molar-refractivity contribution in [1.82, 2.24) is 15.2 Å². The normalized spacial score (nSPS) is 22.2. The number of aromatic nitrogens is 1. The smallest absolute Gasteiger partial charge is 0.185 e. The van der Waals surface area contributed by atoms with Crippen molar-refractivity contribution in [2.45, 2.75) is 19.4 Å². The lowest BCUT2D eigenvalue weighted by atomic mass is 10.3. The van der Waals surface area contributed by atoms with Crippen LogP contribution < -0.4 is 10.2 Å². The molecule has 94 valence electrons. The van der Waals surface area contributed by atoms with Crippen LogP contribution in [0.4, 0.5) is 5.13 Å². The lowest BCUT2D eigenvalue weighted by Gasteiger charge is -2.26. The summed E-state index contributed by atoms with van der Waals surface area (Å²) in [4.78, 5) is 9.68. The fraction of sp³-hybridized carbons (Fsp3) is 0.750. The Bertz CT molecular complexity index is 353. The number of hydrogen-bond donors (Lipinski definition) is 1. The van der Waals surface area contributed by atoms with Crippen LogP contribution in [0, 0.1) is 0 Å². The van der Waals surface area contributed by atoms with Gasteiger partial charge in [-0.05, 0) is 12.8 Å². The quantitative estimate of drug-likeness (QED) is 0.874. The molecule has 2 saturated heterocycles. The summed E-state index contributed by atoms with van der Waals surface area (Å²) in [7, 11) is 0. The second kappa shape index (κ2) is 5.33. The van der Waals surface area contributed by atoms with Gasteiger partial charge in [-0.1, -0.05) is 0 Å². The highest BCUT2D eigenvalue weighted by molar-refractivity contribution is 7.13. The maximum atomic E-state index is 4.77. The summed E-state index contributed by atoms with van der Waals surface area (Å²) in [5.41, 5.74) is 1.25. The van der Waals surface area contributed by atoms with Crippen molar-refractivity contribution in [3.05, 3.63) is 11.1 Å². The van der Waals surface area contributed by atoms with Gasteiger partial charge in [-0.3, -0.25) is 4.90 Å². The van der Waals surface area contributed by atoms with Gasteiger partial charge >= 0.3 is 0 Å². The standard InChI is InChI=1S/C12H20N4S/c1-2-6-16(5-1)12-14-11(10-17-12)9-15-7-3-13-4-8-15/h10,13H,1-9H2. The molecule has 0 bridgehead atoms. The van der Waals surface area contributed by atoms with Crippen LogP contribution >= 0.6 is 11.3 Å². The second-order valence-corrected chi connectivity index (χ2v) is 5.68. The average molecular weight is 252 g/mol. The van der Waals surface area contributed by atoms with Crippen molar-refractivity contribution < 1.29 is 0 Å². The lowest BCUT2D eigenvalue weighted by molar-refractivity contribution is 0.231. The molecular weight excluding hydrogens is 232 g/mol. The van der Waals surface area contributed by atoms with Crippen molar-refractivity contribution >= 4 is 16.5 Å². The number of hydrogen-bond acceptors (Lipinski definition) is 5. The van der Waals surface area contributed by atoms with E-state index in [0.717, 1.165) is 32.7 Å². The molecule has 0 radical (unpaired) electrons. The van der Waals surface area contributed by atoms with Gasteiger partial charge < -0.3 is 10.2 Å². The first-order chi connectivity index (χ1) is 8.42. The molecule has 0 unspecified atom stereocenters. The number of nitrogens with one attached hydrogen (secondary N) is 1. The van der Waals surface area contributed by atoms with E-state index in [1.807, 2.05) is 11.3 Å². The van der Waals surface area contributed by atoms with Gasteiger partial charge in [0.05, 0.1) is 5.69 Å². The van der Waals surface area contributed by atoms with Crippen molar-refractivity contribution in [2.75, 3.05) is 44.2 Å². The van der Waals surface area contributed by atoms with Gasteiger partial charge in [0, 0.05) is 51.2 Å². The molecule has 0 amide bonds. The molecule has 0 spiro atoms. The highest BCUT2D eigenvalue weighted by Crippen LogP contribution is 2.24. The van der Waals surface area contributed by atoms with E-state index in [-0.39, 0.29) is 0 Å². The highest BCUT2D eigenvalue weighted by atomic mass is 32.1. The first-order valence-electron chi connectivity index (χ1n) is 6.54. The zero-order chi connectivity index (χ0) is 11.5. The highest BCUT2D eigenvalue weighted by Gasteiger charge is 2.17. The van der Waals surface area contributed by atoms with Crippen LogP contribution in [0.2, 0.25) is 0 Å². The zero-order valence-corrected chi connectivity index (χ0v) is 11.0. The van der Waals surface area contributed by atoms with Gasteiger partial charge in [-0.25, -0.2) is 4.98 Å². The maximum Gasteiger partial charge on any atom is 0.185 e. The Morgan fingerprint density at radius 3 is 2.71 bits per heavy atom. The summed E-state index contributed by atoms with van der Waals surface area (Å²) < 4.78 is 0. The Balaban J connectivity index is 1.59. The molecular formula is C12H20N4S. The van der Waals surface area contributed by atoms with Crippen molar-refractivity contribution in [3.8, 4) is 0 Å². The zero-order valence-electron chi connectivity index (χ0n) is 10.2. The van der Waals surface area contributed by atoms with Crippen molar-refractivity contribution in [2.24, 2.45) is 0 Å². The van der Waals surface area contributed by atoms with Crippen molar-refractivity contribution in [1.29, 1.82) is 0 Å². The third-order valence-corrected chi connectivity index (χ3v) is 4.46. The minimum absolute atomic E-state index is 1.02. The van der Waals surface area contributed by atoms with Crippen LogP contribution in [0.1, 0.15) is 18.5 Å². The molecule has 0 atom stereocenters. The number of piperazine rings is 1. The first-order valence-corrected chi connectivity index (χ1v) is 7.42. The van der Waals surface area contributed by atoms with E-state index in [1.165, 1.54) is 36.8 Å². The summed E-state index contributed by atoms with van der Waals surface area (Å²) in [5, 5.41) is 6.84. The van der Waals surface area contributed by atoms with Crippen molar-refractivity contribution in [3.63, 3.8) is 0 Å². The monoisotopic (exact) mass is 252 g/mol. The van der Waals surface area contributed by atoms with Crippen LogP contribution in [0.25, 0.3) is 0 Å². The molecule has 4 nitrogen and oxygen atoms in total. The first kappa shape index (κ1) is 11.4. The summed E-state index contributed by atoms with van der Waals surface area (Å²) in [6, 6.07) is 0. The Morgan fingerprint density at radius 2 is 1.94 bits per heavy atom. The number of anilines is 1. The van der Waals surface area contributed by atoms with Gasteiger partial charge in [-0.15, -0.1) is 11.3 Å².